The van der Waals surface area contributed by atoms with E-state index in [0.717, 1.165) is 22.5 Å². The van der Waals surface area contributed by atoms with Gasteiger partial charge >= 0.3 is 0 Å². The van der Waals surface area contributed by atoms with Crippen LogP contribution in [-0.4, -0.2) is 9.78 Å². The Morgan fingerprint density at radius 1 is 0.760 bits per heavy atom. The summed E-state index contributed by atoms with van der Waals surface area (Å²) < 4.78 is 15.3. The van der Waals surface area contributed by atoms with Crippen molar-refractivity contribution in [3.8, 4) is 28.2 Å². The standard InChI is InChI=1S/C21H14ClFN2/c22-18-13-17(11-12-19(18)23)25-21(16-9-5-2-6-10-16)14-20(24-25)15-7-3-1-4-8-15/h1-14H. The van der Waals surface area contributed by atoms with Gasteiger partial charge in [-0.2, -0.15) is 5.10 Å². The van der Waals surface area contributed by atoms with Crippen LogP contribution in [0.15, 0.2) is 84.9 Å². The molecule has 0 N–H and O–H groups in total. The molecule has 25 heavy (non-hydrogen) atoms. The van der Waals surface area contributed by atoms with E-state index in [1.54, 1.807) is 16.8 Å². The van der Waals surface area contributed by atoms with Crippen LogP contribution < -0.4 is 0 Å². The molecular formula is C21H14ClFN2. The van der Waals surface area contributed by atoms with Gasteiger partial charge in [-0.1, -0.05) is 72.3 Å². The monoisotopic (exact) mass is 348 g/mol. The number of aromatic nitrogens is 2. The van der Waals surface area contributed by atoms with Crippen molar-refractivity contribution in [2.45, 2.75) is 0 Å². The molecule has 0 radical (unpaired) electrons. The van der Waals surface area contributed by atoms with Crippen LogP contribution in [0.25, 0.3) is 28.2 Å². The van der Waals surface area contributed by atoms with E-state index in [-0.39, 0.29) is 5.02 Å². The van der Waals surface area contributed by atoms with Gasteiger partial charge in [0.25, 0.3) is 0 Å². The van der Waals surface area contributed by atoms with Crippen molar-refractivity contribution in [1.82, 2.24) is 9.78 Å². The molecule has 0 aliphatic heterocycles. The molecule has 0 saturated carbocycles. The summed E-state index contributed by atoms with van der Waals surface area (Å²) in [5.74, 6) is -0.442. The molecule has 0 unspecified atom stereocenters. The zero-order chi connectivity index (χ0) is 17.2. The smallest absolute Gasteiger partial charge is 0.141 e. The zero-order valence-electron chi connectivity index (χ0n) is 13.2. The maximum Gasteiger partial charge on any atom is 0.141 e. The van der Waals surface area contributed by atoms with Crippen LogP contribution in [0.2, 0.25) is 5.02 Å². The number of nitrogens with zero attached hydrogens (tertiary/aromatic N) is 2. The first-order chi connectivity index (χ1) is 12.2. The molecular weight excluding hydrogens is 335 g/mol. The van der Waals surface area contributed by atoms with Crippen molar-refractivity contribution in [3.05, 3.63) is 95.8 Å². The second-order valence-corrected chi connectivity index (χ2v) is 6.06. The van der Waals surface area contributed by atoms with Crippen molar-refractivity contribution < 1.29 is 4.39 Å². The average Bonchev–Trinajstić information content (AvgIpc) is 3.11. The van der Waals surface area contributed by atoms with E-state index in [9.17, 15) is 4.39 Å². The molecule has 3 aromatic carbocycles. The molecule has 0 aliphatic carbocycles. The quantitative estimate of drug-likeness (QED) is 0.444. The van der Waals surface area contributed by atoms with Crippen molar-refractivity contribution in [2.75, 3.05) is 0 Å². The maximum atomic E-state index is 13.5. The Hall–Kier alpha value is -2.91. The van der Waals surface area contributed by atoms with Crippen LogP contribution in [-0.2, 0) is 0 Å². The van der Waals surface area contributed by atoms with Crippen LogP contribution in [0.5, 0.6) is 0 Å². The first-order valence-corrected chi connectivity index (χ1v) is 8.26. The molecule has 4 heteroatoms. The molecule has 2 nitrogen and oxygen atoms in total. The molecule has 1 heterocycles. The van der Waals surface area contributed by atoms with Crippen LogP contribution in [0.3, 0.4) is 0 Å². The second kappa shape index (κ2) is 6.54. The van der Waals surface area contributed by atoms with Crippen LogP contribution in [0, 0.1) is 5.82 Å². The van der Waals surface area contributed by atoms with Crippen molar-refractivity contribution in [3.63, 3.8) is 0 Å². The number of hydrogen-bond acceptors (Lipinski definition) is 1. The molecule has 0 aliphatic rings. The van der Waals surface area contributed by atoms with Crippen LogP contribution in [0.4, 0.5) is 4.39 Å². The van der Waals surface area contributed by atoms with E-state index in [1.165, 1.54) is 6.07 Å². The van der Waals surface area contributed by atoms with Gasteiger partial charge in [-0.05, 0) is 24.3 Å². The summed E-state index contributed by atoms with van der Waals surface area (Å²) in [6.07, 6.45) is 0. The Labute approximate surface area is 150 Å². The third kappa shape index (κ3) is 3.06. The molecule has 0 bridgehead atoms. The fourth-order valence-corrected chi connectivity index (χ4v) is 2.93. The van der Waals surface area contributed by atoms with E-state index in [1.807, 2.05) is 66.7 Å². The Morgan fingerprint density at radius 2 is 1.40 bits per heavy atom. The molecule has 0 spiro atoms. The lowest BCUT2D eigenvalue weighted by molar-refractivity contribution is 0.627. The van der Waals surface area contributed by atoms with E-state index in [2.05, 4.69) is 0 Å². The van der Waals surface area contributed by atoms with Gasteiger partial charge in [0.05, 0.1) is 22.1 Å². The van der Waals surface area contributed by atoms with E-state index >= 15 is 0 Å². The molecule has 4 rings (SSSR count). The fraction of sp³-hybridized carbons (Fsp3) is 0. The van der Waals surface area contributed by atoms with Gasteiger partial charge in [0.1, 0.15) is 5.82 Å². The van der Waals surface area contributed by atoms with Crippen molar-refractivity contribution >= 4 is 11.6 Å². The van der Waals surface area contributed by atoms with E-state index in [4.69, 9.17) is 16.7 Å². The SMILES string of the molecule is Fc1ccc(-n2nc(-c3ccccc3)cc2-c2ccccc2)cc1Cl. The minimum Gasteiger partial charge on any atom is -0.232 e. The summed E-state index contributed by atoms with van der Waals surface area (Å²) in [6, 6.07) is 26.6. The summed E-state index contributed by atoms with van der Waals surface area (Å²) in [7, 11) is 0. The predicted octanol–water partition coefficient (Wildman–Crippen LogP) is 6.00. The molecule has 4 aromatic rings. The Kier molecular flexibility index (Phi) is 4.08. The van der Waals surface area contributed by atoms with Gasteiger partial charge in [0.2, 0.25) is 0 Å². The van der Waals surface area contributed by atoms with Gasteiger partial charge in [-0.3, -0.25) is 0 Å². The normalized spacial score (nSPS) is 10.8. The zero-order valence-corrected chi connectivity index (χ0v) is 14.0. The van der Waals surface area contributed by atoms with Crippen molar-refractivity contribution in [1.29, 1.82) is 0 Å². The number of halogens is 2. The Bertz CT molecular complexity index is 1010. The van der Waals surface area contributed by atoms with Crippen LogP contribution >= 0.6 is 11.6 Å². The lowest BCUT2D eigenvalue weighted by Crippen LogP contribution is -1.99. The van der Waals surface area contributed by atoms with Gasteiger partial charge in [0, 0.05) is 11.1 Å². The Morgan fingerprint density at radius 3 is 2.04 bits per heavy atom. The van der Waals surface area contributed by atoms with E-state index < -0.39 is 5.82 Å². The highest BCUT2D eigenvalue weighted by atomic mass is 35.5. The highest BCUT2D eigenvalue weighted by molar-refractivity contribution is 6.30. The molecule has 0 saturated heterocycles. The lowest BCUT2D eigenvalue weighted by atomic mass is 10.1. The topological polar surface area (TPSA) is 17.8 Å². The van der Waals surface area contributed by atoms with Gasteiger partial charge < -0.3 is 0 Å². The minimum absolute atomic E-state index is 0.0771. The highest BCUT2D eigenvalue weighted by Crippen LogP contribution is 2.29. The van der Waals surface area contributed by atoms with Crippen LogP contribution in [0.1, 0.15) is 0 Å². The molecule has 122 valence electrons. The number of rotatable bonds is 3. The van der Waals surface area contributed by atoms with Crippen molar-refractivity contribution in [2.24, 2.45) is 0 Å². The largest absolute Gasteiger partial charge is 0.232 e. The predicted molar refractivity (Wildman–Crippen MR) is 99.4 cm³/mol. The number of benzene rings is 3. The summed E-state index contributed by atoms with van der Waals surface area (Å²) in [6.45, 7) is 0. The first-order valence-electron chi connectivity index (χ1n) is 7.89. The fourth-order valence-electron chi connectivity index (χ4n) is 2.76. The third-order valence-electron chi connectivity index (χ3n) is 4.00. The molecule has 0 fully saturated rings. The lowest BCUT2D eigenvalue weighted by Gasteiger charge is -2.08. The molecule has 1 aromatic heterocycles. The summed E-state index contributed by atoms with van der Waals surface area (Å²) in [5, 5.41) is 4.81. The minimum atomic E-state index is -0.442. The second-order valence-electron chi connectivity index (χ2n) is 5.66. The summed E-state index contributed by atoms with van der Waals surface area (Å²) >= 11 is 5.97. The summed E-state index contributed by atoms with van der Waals surface area (Å²) in [5.41, 5.74) is 4.53. The van der Waals surface area contributed by atoms with Gasteiger partial charge in [0.15, 0.2) is 0 Å². The average molecular weight is 349 g/mol. The Balaban J connectivity index is 1.92. The maximum absolute atomic E-state index is 13.5. The van der Waals surface area contributed by atoms with Gasteiger partial charge in [-0.25, -0.2) is 9.07 Å². The molecule has 0 amide bonds. The van der Waals surface area contributed by atoms with E-state index in [0.29, 0.717) is 5.69 Å². The first kappa shape index (κ1) is 15.6. The summed E-state index contributed by atoms with van der Waals surface area (Å²) in [4.78, 5) is 0. The highest BCUT2D eigenvalue weighted by Gasteiger charge is 2.14. The molecule has 0 atom stereocenters. The third-order valence-corrected chi connectivity index (χ3v) is 4.29. The number of hydrogen-bond donors (Lipinski definition) is 0. The van der Waals surface area contributed by atoms with Gasteiger partial charge in [-0.15, -0.1) is 0 Å².